The van der Waals surface area contributed by atoms with Crippen LogP contribution in [0.3, 0.4) is 0 Å². The van der Waals surface area contributed by atoms with E-state index in [9.17, 15) is 0 Å². The highest BCUT2D eigenvalue weighted by molar-refractivity contribution is 6.31. The van der Waals surface area contributed by atoms with Gasteiger partial charge in [-0.1, -0.05) is 29.8 Å². The Morgan fingerprint density at radius 1 is 1.35 bits per heavy atom. The van der Waals surface area contributed by atoms with Crippen molar-refractivity contribution in [1.82, 2.24) is 10.6 Å². The second-order valence-electron chi connectivity index (χ2n) is 4.09. The lowest BCUT2D eigenvalue weighted by Gasteiger charge is -2.14. The molecule has 0 saturated heterocycles. The van der Waals surface area contributed by atoms with Gasteiger partial charge in [-0.25, -0.2) is 4.99 Å². The van der Waals surface area contributed by atoms with Crippen LogP contribution in [-0.4, -0.2) is 18.5 Å². The van der Waals surface area contributed by atoms with Crippen molar-refractivity contribution in [3.63, 3.8) is 0 Å². The van der Waals surface area contributed by atoms with Crippen LogP contribution in [0.25, 0.3) is 0 Å². The summed E-state index contributed by atoms with van der Waals surface area (Å²) in [7, 11) is 0. The molecule has 0 unspecified atom stereocenters. The Hall–Kier alpha value is -1.22. The van der Waals surface area contributed by atoms with E-state index in [-0.39, 0.29) is 0 Å². The monoisotopic (exact) mass is 253 g/mol. The summed E-state index contributed by atoms with van der Waals surface area (Å²) in [5.41, 5.74) is 1.04. The summed E-state index contributed by atoms with van der Waals surface area (Å²) in [5, 5.41) is 7.23. The number of guanidine groups is 1. The van der Waals surface area contributed by atoms with Crippen LogP contribution >= 0.6 is 11.6 Å². The van der Waals surface area contributed by atoms with Gasteiger partial charge < -0.3 is 10.6 Å². The summed E-state index contributed by atoms with van der Waals surface area (Å²) in [4.78, 5) is 4.49. The first-order valence-corrected chi connectivity index (χ1v) is 6.29. The molecular weight excluding hydrogens is 234 g/mol. The van der Waals surface area contributed by atoms with Gasteiger partial charge in [-0.05, 0) is 32.4 Å². The van der Waals surface area contributed by atoms with Crippen molar-refractivity contribution in [2.45, 2.75) is 33.4 Å². The minimum absolute atomic E-state index is 0.360. The predicted molar refractivity (Wildman–Crippen MR) is 74.5 cm³/mol. The summed E-state index contributed by atoms with van der Waals surface area (Å²) in [6.45, 7) is 7.65. The third kappa shape index (κ3) is 5.09. The third-order valence-electron chi connectivity index (χ3n) is 2.13. The van der Waals surface area contributed by atoms with E-state index in [1.165, 1.54) is 0 Å². The van der Waals surface area contributed by atoms with Gasteiger partial charge in [0.2, 0.25) is 0 Å². The molecule has 0 fully saturated rings. The van der Waals surface area contributed by atoms with E-state index in [1.807, 2.05) is 31.2 Å². The highest BCUT2D eigenvalue weighted by Gasteiger charge is 2.01. The van der Waals surface area contributed by atoms with Gasteiger partial charge in [-0.15, -0.1) is 0 Å². The average molecular weight is 254 g/mol. The van der Waals surface area contributed by atoms with Gasteiger partial charge in [0.15, 0.2) is 5.96 Å². The van der Waals surface area contributed by atoms with Crippen molar-refractivity contribution in [2.24, 2.45) is 4.99 Å². The molecule has 17 heavy (non-hydrogen) atoms. The van der Waals surface area contributed by atoms with Crippen LogP contribution in [-0.2, 0) is 6.54 Å². The molecule has 4 heteroatoms. The van der Waals surface area contributed by atoms with E-state index in [1.54, 1.807) is 0 Å². The topological polar surface area (TPSA) is 36.4 Å². The lowest BCUT2D eigenvalue weighted by molar-refractivity contribution is 0.700. The van der Waals surface area contributed by atoms with Crippen molar-refractivity contribution in [3.05, 3.63) is 34.9 Å². The van der Waals surface area contributed by atoms with Crippen LogP contribution in [0.15, 0.2) is 29.3 Å². The Kier molecular flexibility index (Phi) is 5.84. The first-order valence-electron chi connectivity index (χ1n) is 5.91. The second-order valence-corrected chi connectivity index (χ2v) is 4.49. The van der Waals surface area contributed by atoms with Crippen LogP contribution in [0, 0.1) is 0 Å². The number of hydrogen-bond donors (Lipinski definition) is 2. The third-order valence-corrected chi connectivity index (χ3v) is 2.50. The Bertz CT molecular complexity index is 375. The van der Waals surface area contributed by atoms with E-state index in [0.29, 0.717) is 12.6 Å². The molecule has 0 aliphatic heterocycles. The van der Waals surface area contributed by atoms with Gasteiger partial charge in [0.05, 0.1) is 6.54 Å². The van der Waals surface area contributed by atoms with Crippen LogP contribution in [0.4, 0.5) is 0 Å². The zero-order valence-corrected chi connectivity index (χ0v) is 11.4. The highest BCUT2D eigenvalue weighted by Crippen LogP contribution is 2.15. The number of nitrogens with zero attached hydrogens (tertiary/aromatic N) is 1. The predicted octanol–water partition coefficient (Wildman–Crippen LogP) is 2.80. The number of benzene rings is 1. The molecule has 1 aromatic rings. The summed E-state index contributed by atoms with van der Waals surface area (Å²) in [5.74, 6) is 0.822. The van der Waals surface area contributed by atoms with Crippen molar-refractivity contribution in [2.75, 3.05) is 6.54 Å². The number of halogens is 1. The van der Waals surface area contributed by atoms with Gasteiger partial charge in [0.25, 0.3) is 0 Å². The zero-order chi connectivity index (χ0) is 12.7. The molecule has 1 rings (SSSR count). The summed E-state index contributed by atoms with van der Waals surface area (Å²) in [6, 6.07) is 8.13. The standard InChI is InChI=1S/C13H20ClN3/c1-4-15-13(17-10(2)3)16-9-11-7-5-6-8-12(11)14/h5-8,10H,4,9H2,1-3H3,(H2,15,16,17). The first-order chi connectivity index (χ1) is 8.13. The Labute approximate surface area is 108 Å². The molecule has 0 atom stereocenters. The fraction of sp³-hybridized carbons (Fsp3) is 0.462. The normalized spacial score (nSPS) is 11.7. The fourth-order valence-corrected chi connectivity index (χ4v) is 1.58. The van der Waals surface area contributed by atoms with Crippen molar-refractivity contribution < 1.29 is 0 Å². The van der Waals surface area contributed by atoms with E-state index < -0.39 is 0 Å². The average Bonchev–Trinajstić information content (AvgIpc) is 2.27. The van der Waals surface area contributed by atoms with Crippen LogP contribution < -0.4 is 10.6 Å². The lowest BCUT2D eigenvalue weighted by Crippen LogP contribution is -2.41. The van der Waals surface area contributed by atoms with Gasteiger partial charge in [0.1, 0.15) is 0 Å². The molecule has 0 aliphatic carbocycles. The van der Waals surface area contributed by atoms with E-state index in [2.05, 4.69) is 29.5 Å². The maximum atomic E-state index is 6.08. The SMILES string of the molecule is CCNC(=NCc1ccccc1Cl)NC(C)C. The quantitative estimate of drug-likeness (QED) is 0.640. The van der Waals surface area contributed by atoms with Crippen LogP contribution in [0.5, 0.6) is 0 Å². The second kappa shape index (κ2) is 7.17. The minimum atomic E-state index is 0.360. The van der Waals surface area contributed by atoms with Gasteiger partial charge in [-0.2, -0.15) is 0 Å². The number of aliphatic imine (C=N–C) groups is 1. The molecule has 0 saturated carbocycles. The molecule has 0 amide bonds. The smallest absolute Gasteiger partial charge is 0.191 e. The summed E-state index contributed by atoms with van der Waals surface area (Å²) in [6.07, 6.45) is 0. The van der Waals surface area contributed by atoms with E-state index in [4.69, 9.17) is 11.6 Å². The molecule has 0 aliphatic rings. The highest BCUT2D eigenvalue weighted by atomic mass is 35.5. The van der Waals surface area contributed by atoms with Crippen LogP contribution in [0.2, 0.25) is 5.02 Å². The molecular formula is C13H20ClN3. The molecule has 2 N–H and O–H groups in total. The molecule has 0 radical (unpaired) electrons. The largest absolute Gasteiger partial charge is 0.357 e. The number of nitrogens with one attached hydrogen (secondary N) is 2. The summed E-state index contributed by atoms with van der Waals surface area (Å²) < 4.78 is 0. The maximum Gasteiger partial charge on any atom is 0.191 e. The molecule has 0 bridgehead atoms. The van der Waals surface area contributed by atoms with E-state index >= 15 is 0 Å². The number of hydrogen-bond acceptors (Lipinski definition) is 1. The first kappa shape index (κ1) is 13.8. The number of rotatable bonds is 4. The molecule has 0 spiro atoms. The Balaban J connectivity index is 2.68. The maximum absolute atomic E-state index is 6.08. The van der Waals surface area contributed by atoms with Gasteiger partial charge in [0, 0.05) is 17.6 Å². The van der Waals surface area contributed by atoms with Crippen molar-refractivity contribution >= 4 is 17.6 Å². The Morgan fingerprint density at radius 3 is 2.65 bits per heavy atom. The summed E-state index contributed by atoms with van der Waals surface area (Å²) >= 11 is 6.08. The van der Waals surface area contributed by atoms with Crippen molar-refractivity contribution in [1.29, 1.82) is 0 Å². The zero-order valence-electron chi connectivity index (χ0n) is 10.6. The Morgan fingerprint density at radius 2 is 2.06 bits per heavy atom. The molecule has 1 aromatic carbocycles. The fourth-order valence-electron chi connectivity index (χ4n) is 1.38. The molecule has 0 heterocycles. The molecule has 3 nitrogen and oxygen atoms in total. The molecule has 94 valence electrons. The van der Waals surface area contributed by atoms with Crippen molar-refractivity contribution in [3.8, 4) is 0 Å². The van der Waals surface area contributed by atoms with Crippen LogP contribution in [0.1, 0.15) is 26.3 Å². The molecule has 0 aromatic heterocycles. The lowest BCUT2D eigenvalue weighted by atomic mass is 10.2. The minimum Gasteiger partial charge on any atom is -0.357 e. The van der Waals surface area contributed by atoms with Gasteiger partial charge >= 0.3 is 0 Å². The van der Waals surface area contributed by atoms with Gasteiger partial charge in [-0.3, -0.25) is 0 Å². The van der Waals surface area contributed by atoms with E-state index in [0.717, 1.165) is 23.1 Å².